The Kier molecular flexibility index (Phi) is 5.55. The molecule has 2 heterocycles. The summed E-state index contributed by atoms with van der Waals surface area (Å²) in [6.07, 6.45) is 4.94. The van der Waals surface area contributed by atoms with Gasteiger partial charge in [0.15, 0.2) is 5.82 Å². The zero-order chi connectivity index (χ0) is 18.5. The van der Waals surface area contributed by atoms with E-state index >= 15 is 0 Å². The van der Waals surface area contributed by atoms with Gasteiger partial charge in [-0.15, -0.1) is 0 Å². The maximum atomic E-state index is 12.4. The van der Waals surface area contributed by atoms with Crippen LogP contribution >= 0.6 is 0 Å². The quantitative estimate of drug-likeness (QED) is 0.861. The van der Waals surface area contributed by atoms with E-state index in [1.807, 2.05) is 43.3 Å². The Balaban J connectivity index is 1.74. The van der Waals surface area contributed by atoms with Crippen molar-refractivity contribution in [3.8, 4) is 0 Å². The molecule has 2 aromatic rings. The predicted octanol–water partition coefficient (Wildman–Crippen LogP) is 3.35. The van der Waals surface area contributed by atoms with E-state index in [4.69, 9.17) is 0 Å². The number of nitrogens with one attached hydrogen (secondary N) is 2. The second-order valence-corrected chi connectivity index (χ2v) is 6.63. The summed E-state index contributed by atoms with van der Waals surface area (Å²) >= 11 is 0. The molecule has 2 N–H and O–H groups in total. The van der Waals surface area contributed by atoms with Gasteiger partial charge in [0.2, 0.25) is 5.95 Å². The maximum absolute atomic E-state index is 12.4. The third-order valence-electron chi connectivity index (χ3n) is 4.41. The molecule has 7 heteroatoms. The molecule has 0 spiro atoms. The Morgan fingerprint density at radius 1 is 1.23 bits per heavy atom. The van der Waals surface area contributed by atoms with Crippen LogP contribution in [0.2, 0.25) is 0 Å². The van der Waals surface area contributed by atoms with Crippen molar-refractivity contribution in [2.24, 2.45) is 0 Å². The molecule has 0 aliphatic carbocycles. The van der Waals surface area contributed by atoms with E-state index in [0.717, 1.165) is 25.2 Å². The lowest BCUT2D eigenvalue weighted by atomic mass is 10.1. The molecule has 0 saturated carbocycles. The van der Waals surface area contributed by atoms with Crippen LogP contribution in [0.4, 0.5) is 27.9 Å². The number of hydrogen-bond acceptors (Lipinski definition) is 5. The van der Waals surface area contributed by atoms with Crippen LogP contribution in [0.25, 0.3) is 0 Å². The van der Waals surface area contributed by atoms with E-state index in [1.165, 1.54) is 18.4 Å². The molecule has 3 rings (SSSR count). The van der Waals surface area contributed by atoms with Crippen molar-refractivity contribution in [3.63, 3.8) is 0 Å². The van der Waals surface area contributed by atoms with Gasteiger partial charge in [0.1, 0.15) is 5.69 Å². The van der Waals surface area contributed by atoms with Crippen LogP contribution in [0.15, 0.2) is 30.5 Å². The summed E-state index contributed by atoms with van der Waals surface area (Å²) in [4.78, 5) is 25.5. The lowest BCUT2D eigenvalue weighted by molar-refractivity contribution is 0.262. The van der Waals surface area contributed by atoms with E-state index < -0.39 is 0 Å². The van der Waals surface area contributed by atoms with E-state index in [0.29, 0.717) is 17.5 Å². The van der Waals surface area contributed by atoms with Crippen molar-refractivity contribution in [2.45, 2.75) is 26.2 Å². The van der Waals surface area contributed by atoms with E-state index in [2.05, 4.69) is 32.4 Å². The number of urea groups is 1. The third-order valence-corrected chi connectivity index (χ3v) is 4.41. The summed E-state index contributed by atoms with van der Waals surface area (Å²) in [6, 6.07) is 7.52. The fourth-order valence-electron chi connectivity index (χ4n) is 3.02. The molecule has 1 aliphatic heterocycles. The van der Waals surface area contributed by atoms with Gasteiger partial charge in [-0.25, -0.2) is 9.78 Å². The van der Waals surface area contributed by atoms with Gasteiger partial charge in [-0.05, 0) is 37.0 Å². The van der Waals surface area contributed by atoms with Gasteiger partial charge in [0, 0.05) is 32.9 Å². The minimum atomic E-state index is -0.307. The number of benzene rings is 1. The highest BCUT2D eigenvalue weighted by Gasteiger charge is 2.18. The molecule has 1 aromatic carbocycles. The zero-order valence-electron chi connectivity index (χ0n) is 15.6. The van der Waals surface area contributed by atoms with Gasteiger partial charge >= 0.3 is 6.03 Å². The molecule has 7 nitrogen and oxygen atoms in total. The number of carbonyl (C=O) groups excluding carboxylic acids is 1. The second kappa shape index (κ2) is 8.03. The molecule has 26 heavy (non-hydrogen) atoms. The zero-order valence-corrected chi connectivity index (χ0v) is 15.6. The number of carbonyl (C=O) groups is 1. The minimum absolute atomic E-state index is 0.307. The Labute approximate surface area is 154 Å². The van der Waals surface area contributed by atoms with Crippen molar-refractivity contribution in [3.05, 3.63) is 36.0 Å². The number of anilines is 4. The van der Waals surface area contributed by atoms with Gasteiger partial charge < -0.3 is 20.4 Å². The van der Waals surface area contributed by atoms with Gasteiger partial charge in [0.25, 0.3) is 0 Å². The summed E-state index contributed by atoms with van der Waals surface area (Å²) < 4.78 is 0. The molecular formula is C19H26N6O. The number of amides is 2. The van der Waals surface area contributed by atoms with Crippen molar-refractivity contribution in [2.75, 3.05) is 47.6 Å². The molecule has 0 unspecified atom stereocenters. The Hall–Kier alpha value is -2.83. The van der Waals surface area contributed by atoms with Crippen molar-refractivity contribution in [1.29, 1.82) is 0 Å². The van der Waals surface area contributed by atoms with Crippen LogP contribution in [0.3, 0.4) is 0 Å². The molecule has 0 atom stereocenters. The molecule has 0 radical (unpaired) electrons. The number of hydrogen-bond donors (Lipinski definition) is 2. The molecule has 1 fully saturated rings. The van der Waals surface area contributed by atoms with E-state index in [9.17, 15) is 4.79 Å². The van der Waals surface area contributed by atoms with Crippen molar-refractivity contribution >= 4 is 29.2 Å². The van der Waals surface area contributed by atoms with Crippen molar-refractivity contribution in [1.82, 2.24) is 9.97 Å². The monoisotopic (exact) mass is 354 g/mol. The topological polar surface area (TPSA) is 73.4 Å². The minimum Gasteiger partial charge on any atom is -0.361 e. The number of aryl methyl sites for hydroxylation is 1. The first-order chi connectivity index (χ1) is 12.6. The Morgan fingerprint density at radius 2 is 2.00 bits per heavy atom. The smallest absolute Gasteiger partial charge is 0.323 e. The Morgan fingerprint density at radius 3 is 2.69 bits per heavy atom. The van der Waals surface area contributed by atoms with Crippen LogP contribution in [0.1, 0.15) is 25.3 Å². The normalized spacial score (nSPS) is 13.6. The third kappa shape index (κ3) is 4.22. The lowest BCUT2D eigenvalue weighted by Crippen LogP contribution is -2.25. The van der Waals surface area contributed by atoms with Crippen LogP contribution < -0.4 is 20.4 Å². The summed E-state index contributed by atoms with van der Waals surface area (Å²) in [5.74, 6) is 1.41. The highest BCUT2D eigenvalue weighted by molar-refractivity contribution is 6.01. The van der Waals surface area contributed by atoms with Gasteiger partial charge in [-0.3, -0.25) is 0 Å². The predicted molar refractivity (Wildman–Crippen MR) is 106 cm³/mol. The first kappa shape index (κ1) is 18.0. The van der Waals surface area contributed by atoms with E-state index in [-0.39, 0.29) is 6.03 Å². The van der Waals surface area contributed by atoms with Crippen LogP contribution in [-0.2, 0) is 6.42 Å². The first-order valence-electron chi connectivity index (χ1n) is 9.03. The van der Waals surface area contributed by atoms with E-state index in [1.54, 1.807) is 6.20 Å². The maximum Gasteiger partial charge on any atom is 0.323 e. The largest absolute Gasteiger partial charge is 0.361 e. The molecule has 2 amide bonds. The molecule has 1 aliphatic rings. The highest BCUT2D eigenvalue weighted by Crippen LogP contribution is 2.25. The molecule has 138 valence electrons. The van der Waals surface area contributed by atoms with Crippen LogP contribution in [-0.4, -0.2) is 43.2 Å². The van der Waals surface area contributed by atoms with Crippen LogP contribution in [0.5, 0.6) is 0 Å². The summed E-state index contributed by atoms with van der Waals surface area (Å²) in [5, 5.41) is 5.73. The van der Waals surface area contributed by atoms with Crippen molar-refractivity contribution < 1.29 is 4.79 Å². The average Bonchev–Trinajstić information content (AvgIpc) is 3.16. The second-order valence-electron chi connectivity index (χ2n) is 6.63. The number of rotatable bonds is 5. The lowest BCUT2D eigenvalue weighted by Gasteiger charge is -2.21. The standard InChI is InChI=1S/C19H26N6O/c1-4-14-8-7-9-15(12-14)21-19(26)22-16-13-20-18(23-17(16)24(2)3)25-10-5-6-11-25/h7-9,12-13H,4-6,10-11H2,1-3H3,(H2,21,22,26). The fraction of sp³-hybridized carbons (Fsp3) is 0.421. The SMILES string of the molecule is CCc1cccc(NC(=O)Nc2cnc(N3CCCC3)nc2N(C)C)c1. The van der Waals surface area contributed by atoms with Crippen LogP contribution in [0, 0.1) is 0 Å². The summed E-state index contributed by atoms with van der Waals surface area (Å²) in [7, 11) is 3.81. The molecule has 1 saturated heterocycles. The van der Waals surface area contributed by atoms with Gasteiger partial charge in [-0.1, -0.05) is 19.1 Å². The highest BCUT2D eigenvalue weighted by atomic mass is 16.2. The number of aromatic nitrogens is 2. The molecule has 1 aromatic heterocycles. The van der Waals surface area contributed by atoms with Gasteiger partial charge in [0.05, 0.1) is 6.20 Å². The summed E-state index contributed by atoms with van der Waals surface area (Å²) in [6.45, 7) is 4.05. The van der Waals surface area contributed by atoms with Gasteiger partial charge in [-0.2, -0.15) is 4.98 Å². The molecule has 0 bridgehead atoms. The fourth-order valence-corrected chi connectivity index (χ4v) is 3.02. The Bertz CT molecular complexity index is 770. The first-order valence-corrected chi connectivity index (χ1v) is 9.03. The summed E-state index contributed by atoms with van der Waals surface area (Å²) in [5.41, 5.74) is 2.53. The molecular weight excluding hydrogens is 328 g/mol. The average molecular weight is 354 g/mol. The number of nitrogens with zero attached hydrogens (tertiary/aromatic N) is 4.